The second-order valence-corrected chi connectivity index (χ2v) is 6.28. The Labute approximate surface area is 84.9 Å². The summed E-state index contributed by atoms with van der Waals surface area (Å²) in [6.07, 6.45) is 0. The van der Waals surface area contributed by atoms with E-state index in [-0.39, 0.29) is 11.5 Å². The Morgan fingerprint density at radius 3 is 2.43 bits per heavy atom. The Bertz CT molecular complexity index is 458. The van der Waals surface area contributed by atoms with Gasteiger partial charge in [-0.25, -0.2) is 8.42 Å². The van der Waals surface area contributed by atoms with Crippen molar-refractivity contribution in [3.63, 3.8) is 0 Å². The smallest absolute Gasteiger partial charge is 0.158 e. The van der Waals surface area contributed by atoms with E-state index in [2.05, 4.69) is 13.8 Å². The fourth-order valence-corrected chi connectivity index (χ4v) is 3.41. The van der Waals surface area contributed by atoms with Crippen LogP contribution in [-0.2, 0) is 21.3 Å². The maximum absolute atomic E-state index is 11.4. The molecule has 1 aliphatic rings. The van der Waals surface area contributed by atoms with E-state index < -0.39 is 9.84 Å². The molecule has 0 spiro atoms. The fraction of sp³-hybridized carbons (Fsp3) is 0.455. The molecule has 0 unspecified atom stereocenters. The molecule has 1 heterocycles. The third kappa shape index (κ3) is 1.69. The normalized spacial score (nSPS) is 18.5. The molecule has 76 valence electrons. The summed E-state index contributed by atoms with van der Waals surface area (Å²) in [4.78, 5) is 0. The van der Waals surface area contributed by atoms with E-state index in [1.165, 1.54) is 5.56 Å². The number of rotatable bonds is 1. The van der Waals surface area contributed by atoms with Crippen LogP contribution in [0, 0.1) is 0 Å². The van der Waals surface area contributed by atoms with Gasteiger partial charge in [-0.2, -0.15) is 0 Å². The summed E-state index contributed by atoms with van der Waals surface area (Å²) in [5, 5.41) is 0. The van der Waals surface area contributed by atoms with E-state index in [1.807, 2.05) is 18.2 Å². The van der Waals surface area contributed by atoms with Crippen LogP contribution < -0.4 is 0 Å². The van der Waals surface area contributed by atoms with Gasteiger partial charge in [0.2, 0.25) is 0 Å². The van der Waals surface area contributed by atoms with Gasteiger partial charge in [-0.15, -0.1) is 0 Å². The summed E-state index contributed by atoms with van der Waals surface area (Å²) in [7, 11) is -2.85. The number of hydrogen-bond donors (Lipinski definition) is 0. The van der Waals surface area contributed by atoms with Crippen molar-refractivity contribution in [2.75, 3.05) is 0 Å². The predicted octanol–water partition coefficient (Wildman–Crippen LogP) is 2.24. The molecule has 2 nitrogen and oxygen atoms in total. The molecule has 1 aromatic rings. The van der Waals surface area contributed by atoms with Gasteiger partial charge in [-0.05, 0) is 22.6 Å². The van der Waals surface area contributed by atoms with Gasteiger partial charge in [0.25, 0.3) is 0 Å². The van der Waals surface area contributed by atoms with Crippen LogP contribution in [0.5, 0.6) is 0 Å². The highest BCUT2D eigenvalue weighted by Gasteiger charge is 2.24. The summed E-state index contributed by atoms with van der Waals surface area (Å²) in [5.41, 5.74) is 3.20. The SMILES string of the molecule is CC(C)c1ccc2c(c1)CS(=O)(=O)C2. The van der Waals surface area contributed by atoms with Crippen molar-refractivity contribution in [1.29, 1.82) is 0 Å². The number of fused-ring (bicyclic) bond motifs is 1. The van der Waals surface area contributed by atoms with E-state index in [4.69, 9.17) is 0 Å². The maximum atomic E-state index is 11.4. The van der Waals surface area contributed by atoms with Gasteiger partial charge < -0.3 is 0 Å². The lowest BCUT2D eigenvalue weighted by Gasteiger charge is -2.06. The topological polar surface area (TPSA) is 34.1 Å². The van der Waals surface area contributed by atoms with Gasteiger partial charge in [0.05, 0.1) is 11.5 Å². The van der Waals surface area contributed by atoms with Crippen LogP contribution in [-0.4, -0.2) is 8.42 Å². The molecule has 1 aliphatic heterocycles. The van der Waals surface area contributed by atoms with E-state index >= 15 is 0 Å². The van der Waals surface area contributed by atoms with Crippen molar-refractivity contribution in [2.24, 2.45) is 0 Å². The fourth-order valence-electron chi connectivity index (χ4n) is 1.81. The zero-order chi connectivity index (χ0) is 10.3. The van der Waals surface area contributed by atoms with Crippen molar-refractivity contribution < 1.29 is 8.42 Å². The zero-order valence-electron chi connectivity index (χ0n) is 8.45. The van der Waals surface area contributed by atoms with Crippen molar-refractivity contribution in [2.45, 2.75) is 31.3 Å². The average molecular weight is 210 g/mol. The lowest BCUT2D eigenvalue weighted by Crippen LogP contribution is -1.95. The standard InChI is InChI=1S/C11H14O2S/c1-8(2)9-3-4-10-6-14(12,13)7-11(10)5-9/h3-5,8H,6-7H2,1-2H3. The van der Waals surface area contributed by atoms with Crippen molar-refractivity contribution in [3.8, 4) is 0 Å². The zero-order valence-corrected chi connectivity index (χ0v) is 9.26. The van der Waals surface area contributed by atoms with E-state index in [1.54, 1.807) is 0 Å². The van der Waals surface area contributed by atoms with Crippen LogP contribution in [0.15, 0.2) is 18.2 Å². The van der Waals surface area contributed by atoms with Gasteiger partial charge in [0.1, 0.15) is 0 Å². The maximum Gasteiger partial charge on any atom is 0.158 e. The second-order valence-electron chi connectivity index (χ2n) is 4.22. The molecule has 0 atom stereocenters. The molecule has 14 heavy (non-hydrogen) atoms. The minimum atomic E-state index is -2.85. The van der Waals surface area contributed by atoms with Crippen LogP contribution in [0.4, 0.5) is 0 Å². The van der Waals surface area contributed by atoms with E-state index in [0.29, 0.717) is 5.92 Å². The number of sulfone groups is 1. The third-order valence-corrected chi connectivity index (χ3v) is 4.15. The summed E-state index contributed by atoms with van der Waals surface area (Å²) in [6, 6.07) is 6.02. The quantitative estimate of drug-likeness (QED) is 0.712. The highest BCUT2D eigenvalue weighted by Crippen LogP contribution is 2.27. The van der Waals surface area contributed by atoms with E-state index in [9.17, 15) is 8.42 Å². The molecule has 0 aliphatic carbocycles. The first-order valence-electron chi connectivity index (χ1n) is 4.80. The summed E-state index contributed by atoms with van der Waals surface area (Å²) < 4.78 is 22.7. The Morgan fingerprint density at radius 1 is 1.14 bits per heavy atom. The van der Waals surface area contributed by atoms with Crippen molar-refractivity contribution in [1.82, 2.24) is 0 Å². The lowest BCUT2D eigenvalue weighted by atomic mass is 9.99. The minimum absolute atomic E-state index is 0.223. The molecule has 0 aromatic heterocycles. The highest BCUT2D eigenvalue weighted by atomic mass is 32.2. The molecular formula is C11H14O2S. The number of hydrogen-bond acceptors (Lipinski definition) is 2. The molecule has 1 aromatic carbocycles. The Morgan fingerprint density at radius 2 is 1.79 bits per heavy atom. The van der Waals surface area contributed by atoms with Gasteiger partial charge in [-0.1, -0.05) is 32.0 Å². The Kier molecular flexibility index (Phi) is 2.14. The number of benzene rings is 1. The summed E-state index contributed by atoms with van der Waals surface area (Å²) in [6.45, 7) is 4.23. The van der Waals surface area contributed by atoms with Crippen molar-refractivity contribution in [3.05, 3.63) is 34.9 Å². The van der Waals surface area contributed by atoms with Crippen LogP contribution >= 0.6 is 0 Å². The van der Waals surface area contributed by atoms with E-state index in [0.717, 1.165) is 11.1 Å². The Balaban J connectivity index is 2.45. The second kappa shape index (κ2) is 3.09. The molecule has 0 N–H and O–H groups in total. The minimum Gasteiger partial charge on any atom is -0.228 e. The molecule has 0 bridgehead atoms. The molecule has 0 fully saturated rings. The molecule has 0 radical (unpaired) electrons. The summed E-state index contributed by atoms with van der Waals surface area (Å²) >= 11 is 0. The predicted molar refractivity (Wildman–Crippen MR) is 56.9 cm³/mol. The van der Waals surface area contributed by atoms with Gasteiger partial charge in [0.15, 0.2) is 9.84 Å². The first kappa shape index (κ1) is 9.71. The first-order valence-corrected chi connectivity index (χ1v) is 6.62. The lowest BCUT2D eigenvalue weighted by molar-refractivity contribution is 0.598. The van der Waals surface area contributed by atoms with Crippen LogP contribution in [0.1, 0.15) is 36.5 Å². The molecule has 0 saturated carbocycles. The average Bonchev–Trinajstić information content (AvgIpc) is 2.36. The highest BCUT2D eigenvalue weighted by molar-refractivity contribution is 7.90. The monoisotopic (exact) mass is 210 g/mol. The molecule has 2 rings (SSSR count). The van der Waals surface area contributed by atoms with Gasteiger partial charge in [-0.3, -0.25) is 0 Å². The van der Waals surface area contributed by atoms with Crippen LogP contribution in [0.2, 0.25) is 0 Å². The summed E-state index contributed by atoms with van der Waals surface area (Å²) in [5.74, 6) is 0.910. The molecule has 0 saturated heterocycles. The first-order chi connectivity index (χ1) is 6.48. The van der Waals surface area contributed by atoms with Gasteiger partial charge >= 0.3 is 0 Å². The molecule has 3 heteroatoms. The van der Waals surface area contributed by atoms with Crippen LogP contribution in [0.3, 0.4) is 0 Å². The molecular weight excluding hydrogens is 196 g/mol. The Hall–Kier alpha value is -0.830. The largest absolute Gasteiger partial charge is 0.228 e. The third-order valence-electron chi connectivity index (χ3n) is 2.65. The van der Waals surface area contributed by atoms with Crippen molar-refractivity contribution >= 4 is 9.84 Å². The van der Waals surface area contributed by atoms with Crippen LogP contribution in [0.25, 0.3) is 0 Å². The van der Waals surface area contributed by atoms with Gasteiger partial charge in [0, 0.05) is 0 Å². The molecule has 0 amide bonds.